The van der Waals surface area contributed by atoms with Crippen LogP contribution in [0.4, 0.5) is 13.6 Å². The van der Waals surface area contributed by atoms with Crippen LogP contribution < -0.4 is 5.32 Å². The number of ether oxygens (including phenoxy) is 1. The van der Waals surface area contributed by atoms with Crippen LogP contribution in [0, 0.1) is 0 Å². The van der Waals surface area contributed by atoms with E-state index in [9.17, 15) is 28.3 Å². The van der Waals surface area contributed by atoms with Gasteiger partial charge in [-0.3, -0.25) is 4.79 Å². The molecule has 4 rings (SSSR count). The number of halogens is 2. The highest BCUT2D eigenvalue weighted by atomic mass is 19.3. The molecule has 9 heteroatoms. The molecule has 2 aliphatic rings. The highest BCUT2D eigenvalue weighted by Gasteiger charge is 2.54. The third-order valence-corrected chi connectivity index (χ3v) is 7.12. The second-order valence-corrected chi connectivity index (χ2v) is 9.09. The number of rotatable bonds is 7. The fraction of sp³-hybridized carbons (Fsp3) is 0.423. The fourth-order valence-corrected chi connectivity index (χ4v) is 5.14. The maximum absolute atomic E-state index is 14.0. The lowest BCUT2D eigenvalue weighted by Crippen LogP contribution is -2.61. The van der Waals surface area contributed by atoms with Gasteiger partial charge in [0.25, 0.3) is 5.92 Å². The van der Waals surface area contributed by atoms with Gasteiger partial charge in [-0.25, -0.2) is 18.4 Å². The number of nitrogens with zero attached hydrogens (tertiary/aromatic N) is 1. The Balaban J connectivity index is 1.50. The zero-order valence-corrected chi connectivity index (χ0v) is 19.6. The van der Waals surface area contributed by atoms with Crippen LogP contribution in [0.15, 0.2) is 48.5 Å². The van der Waals surface area contributed by atoms with Crippen LogP contribution in [-0.2, 0) is 14.3 Å². The molecule has 1 saturated heterocycles. The Morgan fingerprint density at radius 3 is 2.11 bits per heavy atom. The van der Waals surface area contributed by atoms with Crippen LogP contribution >= 0.6 is 0 Å². The third-order valence-electron chi connectivity index (χ3n) is 7.12. The van der Waals surface area contributed by atoms with E-state index < -0.39 is 48.4 Å². The van der Waals surface area contributed by atoms with Gasteiger partial charge in [-0.05, 0) is 35.1 Å². The molecule has 2 N–H and O–H groups in total. The van der Waals surface area contributed by atoms with Gasteiger partial charge in [-0.15, -0.1) is 0 Å². The molecule has 1 unspecified atom stereocenters. The number of carbonyl (C=O) groups is 3. The molecule has 2 amide bonds. The predicted octanol–water partition coefficient (Wildman–Crippen LogP) is 4.40. The van der Waals surface area contributed by atoms with Gasteiger partial charge in [0.05, 0.1) is 6.54 Å². The Morgan fingerprint density at radius 1 is 1.06 bits per heavy atom. The first-order valence-corrected chi connectivity index (χ1v) is 11.7. The molecule has 186 valence electrons. The largest absolute Gasteiger partial charge is 0.480 e. The monoisotopic (exact) mass is 486 g/mol. The summed E-state index contributed by atoms with van der Waals surface area (Å²) in [5.74, 6) is -5.84. The van der Waals surface area contributed by atoms with Crippen molar-refractivity contribution in [2.45, 2.75) is 56.5 Å². The SMILES string of the molecule is CCC(CC)(NC(=O)OCC1c2ccccc2-c2ccccc21)C(=O)N1CC(F)(F)CC1C(=O)O. The van der Waals surface area contributed by atoms with E-state index in [2.05, 4.69) is 5.32 Å². The Hall–Kier alpha value is -3.49. The van der Waals surface area contributed by atoms with Crippen molar-refractivity contribution in [1.29, 1.82) is 0 Å². The summed E-state index contributed by atoms with van der Waals surface area (Å²) in [6.07, 6.45) is -1.65. The van der Waals surface area contributed by atoms with Crippen LogP contribution in [0.2, 0.25) is 0 Å². The molecule has 35 heavy (non-hydrogen) atoms. The zero-order valence-electron chi connectivity index (χ0n) is 19.6. The average molecular weight is 487 g/mol. The van der Waals surface area contributed by atoms with Gasteiger partial charge in [0, 0.05) is 12.3 Å². The Kier molecular flexibility index (Phi) is 6.53. The van der Waals surface area contributed by atoms with Crippen molar-refractivity contribution in [3.63, 3.8) is 0 Å². The molecule has 2 aromatic carbocycles. The van der Waals surface area contributed by atoms with Crippen molar-refractivity contribution in [1.82, 2.24) is 10.2 Å². The van der Waals surface area contributed by atoms with E-state index in [-0.39, 0.29) is 25.4 Å². The predicted molar refractivity (Wildman–Crippen MR) is 124 cm³/mol. The standard InChI is InChI=1S/C26H28F2N2O5/c1-3-25(4-2,23(33)30-15-26(27,28)13-21(30)22(31)32)29-24(34)35-14-20-18-11-7-5-9-16(18)17-10-6-8-12-19(17)20/h5-12,20-21H,3-4,13-15H2,1-2H3,(H,29,34)(H,31,32). The molecular formula is C26H28F2N2O5. The number of hydrogen-bond donors (Lipinski definition) is 2. The van der Waals surface area contributed by atoms with Crippen molar-refractivity contribution in [3.8, 4) is 11.1 Å². The van der Waals surface area contributed by atoms with Crippen LogP contribution in [0.25, 0.3) is 11.1 Å². The molecule has 1 aliphatic heterocycles. The van der Waals surface area contributed by atoms with Crippen molar-refractivity contribution >= 4 is 18.0 Å². The van der Waals surface area contributed by atoms with Gasteiger partial charge in [0.1, 0.15) is 18.2 Å². The zero-order chi connectivity index (χ0) is 25.4. The molecule has 1 fully saturated rings. The van der Waals surface area contributed by atoms with E-state index in [1.807, 2.05) is 48.5 Å². The lowest BCUT2D eigenvalue weighted by molar-refractivity contribution is -0.151. The number of alkyl carbamates (subject to hydrolysis) is 1. The number of carboxylic acid groups (broad SMARTS) is 1. The van der Waals surface area contributed by atoms with E-state index in [1.54, 1.807) is 13.8 Å². The summed E-state index contributed by atoms with van der Waals surface area (Å²) < 4.78 is 33.5. The molecule has 0 radical (unpaired) electrons. The summed E-state index contributed by atoms with van der Waals surface area (Å²) in [6.45, 7) is 2.29. The van der Waals surface area contributed by atoms with Gasteiger partial charge in [-0.2, -0.15) is 0 Å². The second kappa shape index (κ2) is 9.28. The minimum Gasteiger partial charge on any atom is -0.480 e. The molecule has 7 nitrogen and oxygen atoms in total. The molecule has 0 bridgehead atoms. The third kappa shape index (κ3) is 4.47. The van der Waals surface area contributed by atoms with Crippen molar-refractivity contribution in [2.75, 3.05) is 13.2 Å². The average Bonchev–Trinajstić information content (AvgIpc) is 3.35. The van der Waals surface area contributed by atoms with Crippen LogP contribution in [-0.4, -0.2) is 58.6 Å². The number of aliphatic carboxylic acids is 1. The second-order valence-electron chi connectivity index (χ2n) is 9.09. The van der Waals surface area contributed by atoms with Crippen LogP contribution in [0.3, 0.4) is 0 Å². The molecule has 0 spiro atoms. The minimum atomic E-state index is -3.31. The number of hydrogen-bond acceptors (Lipinski definition) is 4. The van der Waals surface area contributed by atoms with Gasteiger partial charge in [0.15, 0.2) is 0 Å². The summed E-state index contributed by atoms with van der Waals surface area (Å²) in [4.78, 5) is 38.4. The molecular weight excluding hydrogens is 458 g/mol. The summed E-state index contributed by atoms with van der Waals surface area (Å²) in [6, 6.07) is 14.0. The Bertz CT molecular complexity index is 1100. The lowest BCUT2D eigenvalue weighted by atomic mass is 9.90. The van der Waals surface area contributed by atoms with Gasteiger partial charge in [-0.1, -0.05) is 62.4 Å². The van der Waals surface area contributed by atoms with Gasteiger partial charge < -0.3 is 20.1 Å². The van der Waals surface area contributed by atoms with Crippen molar-refractivity contribution < 1.29 is 33.0 Å². The lowest BCUT2D eigenvalue weighted by Gasteiger charge is -2.36. The van der Waals surface area contributed by atoms with Crippen molar-refractivity contribution in [2.24, 2.45) is 0 Å². The minimum absolute atomic E-state index is 0.0249. The summed E-state index contributed by atoms with van der Waals surface area (Å²) in [7, 11) is 0. The maximum Gasteiger partial charge on any atom is 0.408 e. The number of carbonyl (C=O) groups excluding carboxylic acids is 2. The van der Waals surface area contributed by atoms with Gasteiger partial charge >= 0.3 is 12.1 Å². The van der Waals surface area contributed by atoms with E-state index in [1.165, 1.54) is 0 Å². The molecule has 1 atom stereocenters. The molecule has 0 saturated carbocycles. The molecule has 0 aromatic heterocycles. The highest BCUT2D eigenvalue weighted by Crippen LogP contribution is 2.44. The van der Waals surface area contributed by atoms with E-state index in [0.717, 1.165) is 22.3 Å². The first-order chi connectivity index (χ1) is 16.6. The van der Waals surface area contributed by atoms with E-state index in [0.29, 0.717) is 4.90 Å². The molecule has 1 heterocycles. The van der Waals surface area contributed by atoms with E-state index >= 15 is 0 Å². The Labute approximate surface area is 202 Å². The number of benzene rings is 2. The number of alkyl halides is 2. The normalized spacial score (nSPS) is 18.6. The smallest absolute Gasteiger partial charge is 0.408 e. The first-order valence-electron chi connectivity index (χ1n) is 11.7. The topological polar surface area (TPSA) is 95.9 Å². The van der Waals surface area contributed by atoms with Crippen molar-refractivity contribution in [3.05, 3.63) is 59.7 Å². The summed E-state index contributed by atoms with van der Waals surface area (Å²) in [5, 5.41) is 12.0. The maximum atomic E-state index is 14.0. The number of amides is 2. The van der Waals surface area contributed by atoms with Crippen LogP contribution in [0.1, 0.15) is 50.2 Å². The first kappa shape index (κ1) is 24.6. The van der Waals surface area contributed by atoms with E-state index in [4.69, 9.17) is 4.74 Å². The summed E-state index contributed by atoms with van der Waals surface area (Å²) >= 11 is 0. The number of fused-ring (bicyclic) bond motifs is 3. The van der Waals surface area contributed by atoms with Gasteiger partial charge in [0.2, 0.25) is 5.91 Å². The summed E-state index contributed by atoms with van der Waals surface area (Å²) in [5.41, 5.74) is 2.63. The fourth-order valence-electron chi connectivity index (χ4n) is 5.14. The highest BCUT2D eigenvalue weighted by molar-refractivity contribution is 5.93. The molecule has 2 aromatic rings. The number of carboxylic acids is 1. The molecule has 1 aliphatic carbocycles. The number of nitrogens with one attached hydrogen (secondary N) is 1. The van der Waals surface area contributed by atoms with Crippen LogP contribution in [0.5, 0.6) is 0 Å². The Morgan fingerprint density at radius 2 is 1.60 bits per heavy atom. The number of likely N-dealkylation sites (tertiary alicyclic amines) is 1. The quantitative estimate of drug-likeness (QED) is 0.605.